The van der Waals surface area contributed by atoms with E-state index in [4.69, 9.17) is 9.15 Å². The van der Waals surface area contributed by atoms with Gasteiger partial charge in [0.25, 0.3) is 0 Å². The van der Waals surface area contributed by atoms with Crippen LogP contribution in [0.3, 0.4) is 0 Å². The quantitative estimate of drug-likeness (QED) is 0.409. The Bertz CT molecular complexity index is 1260. The molecule has 1 aromatic heterocycles. The monoisotopic (exact) mass is 459 g/mol. The molecule has 1 saturated heterocycles. The molecule has 166 valence electrons. The summed E-state index contributed by atoms with van der Waals surface area (Å²) in [6, 6.07) is 12.6. The fraction of sp³-hybridized carbons (Fsp3) is 0.174. The first-order chi connectivity index (χ1) is 15.3. The largest absolute Gasteiger partial charge is 0.457 e. The highest BCUT2D eigenvalue weighted by atomic mass is 32.2. The predicted molar refractivity (Wildman–Crippen MR) is 113 cm³/mol. The van der Waals surface area contributed by atoms with Crippen LogP contribution in [0.4, 0.5) is 8.78 Å². The third kappa shape index (κ3) is 4.69. The smallest absolute Gasteiger partial charge is 0.243 e. The number of ketones is 1. The molecule has 0 aliphatic carbocycles. The number of allylic oxidation sites excluding steroid dienone is 1. The number of hydrogen-bond donors (Lipinski definition) is 0. The summed E-state index contributed by atoms with van der Waals surface area (Å²) in [7, 11) is -3.58. The second-order valence-electron chi connectivity index (χ2n) is 7.07. The molecule has 3 aromatic rings. The number of morpholine rings is 1. The molecule has 0 radical (unpaired) electrons. The Morgan fingerprint density at radius 1 is 0.938 bits per heavy atom. The first-order valence-corrected chi connectivity index (χ1v) is 11.2. The molecule has 0 saturated carbocycles. The van der Waals surface area contributed by atoms with Crippen LogP contribution in [0.2, 0.25) is 0 Å². The van der Waals surface area contributed by atoms with E-state index in [0.717, 1.165) is 12.1 Å². The van der Waals surface area contributed by atoms with Crippen LogP contribution in [0.15, 0.2) is 70.0 Å². The van der Waals surface area contributed by atoms with Crippen molar-refractivity contribution in [3.63, 3.8) is 0 Å². The zero-order valence-corrected chi connectivity index (χ0v) is 17.6. The van der Waals surface area contributed by atoms with Gasteiger partial charge in [0, 0.05) is 24.2 Å². The number of carbonyl (C=O) groups excluding carboxylic acids is 1. The van der Waals surface area contributed by atoms with Crippen LogP contribution in [0.1, 0.15) is 16.1 Å². The SMILES string of the molecule is O=C(/C=C/c1ccc(-c2ccc(S(=O)(=O)N3CCOCC3)cc2)o1)c1ccc(F)c(F)c1. The molecule has 4 rings (SSSR count). The zero-order valence-electron chi connectivity index (χ0n) is 16.8. The average Bonchev–Trinajstić information content (AvgIpc) is 3.29. The normalized spacial score (nSPS) is 15.3. The molecular weight excluding hydrogens is 440 g/mol. The Morgan fingerprint density at radius 3 is 2.34 bits per heavy atom. The first kappa shape index (κ1) is 22.1. The number of carbonyl (C=O) groups is 1. The molecule has 2 heterocycles. The summed E-state index contributed by atoms with van der Waals surface area (Å²) in [4.78, 5) is 12.3. The van der Waals surface area contributed by atoms with Crippen molar-refractivity contribution in [1.29, 1.82) is 0 Å². The van der Waals surface area contributed by atoms with Crippen molar-refractivity contribution >= 4 is 21.9 Å². The highest BCUT2D eigenvalue weighted by Gasteiger charge is 2.26. The van der Waals surface area contributed by atoms with Crippen molar-refractivity contribution in [2.24, 2.45) is 0 Å². The zero-order chi connectivity index (χ0) is 22.7. The lowest BCUT2D eigenvalue weighted by molar-refractivity contribution is 0.0730. The highest BCUT2D eigenvalue weighted by Crippen LogP contribution is 2.26. The van der Waals surface area contributed by atoms with Crippen molar-refractivity contribution in [2.75, 3.05) is 26.3 Å². The Balaban J connectivity index is 1.47. The molecular formula is C23H19F2NO5S. The van der Waals surface area contributed by atoms with Crippen LogP contribution < -0.4 is 0 Å². The molecule has 0 N–H and O–H groups in total. The summed E-state index contributed by atoms with van der Waals surface area (Å²) in [5.74, 6) is -1.76. The molecule has 1 aliphatic heterocycles. The van der Waals surface area contributed by atoms with Crippen molar-refractivity contribution in [1.82, 2.24) is 4.31 Å². The lowest BCUT2D eigenvalue weighted by atomic mass is 10.1. The van der Waals surface area contributed by atoms with E-state index in [1.807, 2.05) is 0 Å². The summed E-state index contributed by atoms with van der Waals surface area (Å²) in [5, 5.41) is 0. The average molecular weight is 459 g/mol. The molecule has 1 fully saturated rings. The van der Waals surface area contributed by atoms with E-state index >= 15 is 0 Å². The minimum atomic E-state index is -3.58. The van der Waals surface area contributed by atoms with Crippen molar-refractivity contribution in [2.45, 2.75) is 4.90 Å². The number of rotatable bonds is 6. The van der Waals surface area contributed by atoms with Gasteiger partial charge in [-0.05, 0) is 66.7 Å². The number of furan rings is 1. The Hall–Kier alpha value is -3.14. The molecule has 0 spiro atoms. The second kappa shape index (κ2) is 9.15. The third-order valence-corrected chi connectivity index (χ3v) is 6.89. The molecule has 0 atom stereocenters. The fourth-order valence-corrected chi connectivity index (χ4v) is 4.64. The minimum absolute atomic E-state index is 0.0176. The lowest BCUT2D eigenvalue weighted by Gasteiger charge is -2.26. The summed E-state index contributed by atoms with van der Waals surface area (Å²) >= 11 is 0. The fourth-order valence-electron chi connectivity index (χ4n) is 3.23. The van der Waals surface area contributed by atoms with Gasteiger partial charge in [-0.3, -0.25) is 4.79 Å². The predicted octanol–water partition coefficient (Wildman–Crippen LogP) is 4.14. The number of benzene rings is 2. The number of halogens is 2. The number of sulfonamides is 1. The van der Waals surface area contributed by atoms with E-state index < -0.39 is 27.4 Å². The van der Waals surface area contributed by atoms with E-state index in [1.165, 1.54) is 34.7 Å². The molecule has 0 amide bonds. The number of ether oxygens (including phenoxy) is 1. The van der Waals surface area contributed by atoms with Gasteiger partial charge in [-0.15, -0.1) is 0 Å². The van der Waals surface area contributed by atoms with Gasteiger partial charge >= 0.3 is 0 Å². The molecule has 9 heteroatoms. The van der Waals surface area contributed by atoms with E-state index in [0.29, 0.717) is 43.4 Å². The van der Waals surface area contributed by atoms with Gasteiger partial charge in [0.1, 0.15) is 11.5 Å². The van der Waals surface area contributed by atoms with Crippen LogP contribution in [-0.4, -0.2) is 44.8 Å². The lowest BCUT2D eigenvalue weighted by Crippen LogP contribution is -2.40. The molecule has 32 heavy (non-hydrogen) atoms. The second-order valence-corrected chi connectivity index (χ2v) is 9.01. The molecule has 0 bridgehead atoms. The maximum atomic E-state index is 13.3. The van der Waals surface area contributed by atoms with Crippen LogP contribution in [0.25, 0.3) is 17.4 Å². The van der Waals surface area contributed by atoms with Crippen LogP contribution >= 0.6 is 0 Å². The third-order valence-electron chi connectivity index (χ3n) is 4.98. The van der Waals surface area contributed by atoms with Gasteiger partial charge in [-0.2, -0.15) is 4.31 Å². The van der Waals surface area contributed by atoms with Gasteiger partial charge < -0.3 is 9.15 Å². The Labute approximate surface area is 183 Å². The molecule has 1 aliphatic rings. The molecule has 6 nitrogen and oxygen atoms in total. The van der Waals surface area contributed by atoms with Crippen LogP contribution in [0, 0.1) is 11.6 Å². The summed E-state index contributed by atoms with van der Waals surface area (Å²) in [6.07, 6.45) is 2.62. The summed E-state index contributed by atoms with van der Waals surface area (Å²) in [6.45, 7) is 1.39. The highest BCUT2D eigenvalue weighted by molar-refractivity contribution is 7.89. The maximum Gasteiger partial charge on any atom is 0.243 e. The van der Waals surface area contributed by atoms with Crippen LogP contribution in [-0.2, 0) is 14.8 Å². The number of hydrogen-bond acceptors (Lipinski definition) is 5. The van der Waals surface area contributed by atoms with Crippen molar-refractivity contribution < 1.29 is 31.1 Å². The molecule has 0 unspecified atom stereocenters. The number of nitrogens with zero attached hydrogens (tertiary/aromatic N) is 1. The summed E-state index contributed by atoms with van der Waals surface area (Å²) in [5.41, 5.74) is 0.682. The van der Waals surface area contributed by atoms with E-state index in [2.05, 4.69) is 0 Å². The summed E-state index contributed by atoms with van der Waals surface area (Å²) < 4.78 is 64.0. The van der Waals surface area contributed by atoms with Gasteiger partial charge in [0.15, 0.2) is 17.4 Å². The minimum Gasteiger partial charge on any atom is -0.457 e. The maximum absolute atomic E-state index is 13.3. The van der Waals surface area contributed by atoms with Gasteiger partial charge in [-0.1, -0.05) is 0 Å². The standard InChI is InChI=1S/C23H19F2NO5S/c24-20-8-3-17(15-21(20)25)22(27)9-4-18-5-10-23(31-18)16-1-6-19(7-2-16)32(28,29)26-11-13-30-14-12-26/h1-10,15H,11-14H2/b9-4+. The van der Waals surface area contributed by atoms with E-state index in [-0.39, 0.29) is 10.5 Å². The van der Waals surface area contributed by atoms with E-state index in [1.54, 1.807) is 24.3 Å². The van der Waals surface area contributed by atoms with Gasteiger partial charge in [0.05, 0.1) is 18.1 Å². The van der Waals surface area contributed by atoms with Gasteiger partial charge in [0.2, 0.25) is 10.0 Å². The topological polar surface area (TPSA) is 76.8 Å². The van der Waals surface area contributed by atoms with E-state index in [9.17, 15) is 22.0 Å². The van der Waals surface area contributed by atoms with Crippen molar-refractivity contribution in [3.05, 3.63) is 83.6 Å². The molecule has 2 aromatic carbocycles. The van der Waals surface area contributed by atoms with Crippen molar-refractivity contribution in [3.8, 4) is 11.3 Å². The Morgan fingerprint density at radius 2 is 1.66 bits per heavy atom. The van der Waals surface area contributed by atoms with Gasteiger partial charge in [-0.25, -0.2) is 17.2 Å². The first-order valence-electron chi connectivity index (χ1n) is 9.80. The van der Waals surface area contributed by atoms with Crippen LogP contribution in [0.5, 0.6) is 0 Å². The Kier molecular flexibility index (Phi) is 6.31.